The molecule has 4 nitrogen and oxygen atoms in total. The van der Waals surface area contributed by atoms with Crippen LogP contribution in [0.1, 0.15) is 39.0 Å². The van der Waals surface area contributed by atoms with E-state index >= 15 is 0 Å². The van der Waals surface area contributed by atoms with Gasteiger partial charge in [0.2, 0.25) is 0 Å². The van der Waals surface area contributed by atoms with Gasteiger partial charge in [-0.15, -0.1) is 0 Å². The van der Waals surface area contributed by atoms with Crippen LogP contribution in [0.25, 0.3) is 0 Å². The normalized spacial score (nSPS) is 24.0. The number of rotatable bonds is 7. The van der Waals surface area contributed by atoms with Crippen LogP contribution in [0.5, 0.6) is 0 Å². The Hall–Kier alpha value is -0.770. The van der Waals surface area contributed by atoms with Crippen LogP contribution in [0.3, 0.4) is 0 Å². The van der Waals surface area contributed by atoms with Gasteiger partial charge in [0, 0.05) is 39.2 Å². The zero-order valence-corrected chi connectivity index (χ0v) is 12.5. The van der Waals surface area contributed by atoms with Crippen molar-refractivity contribution in [2.45, 2.75) is 39.0 Å². The van der Waals surface area contributed by atoms with E-state index in [-0.39, 0.29) is 0 Å². The number of hydrogen-bond acceptors (Lipinski definition) is 2. The van der Waals surface area contributed by atoms with E-state index in [9.17, 15) is 0 Å². The summed E-state index contributed by atoms with van der Waals surface area (Å²) in [5, 5.41) is 3.43. The van der Waals surface area contributed by atoms with Gasteiger partial charge < -0.3 is 15.0 Å². The Kier molecular flexibility index (Phi) is 5.95. The quantitative estimate of drug-likeness (QED) is 0.436. The molecule has 0 aromatic heterocycles. The third kappa shape index (κ3) is 5.01. The van der Waals surface area contributed by atoms with Crippen molar-refractivity contribution >= 4 is 5.96 Å². The Balaban J connectivity index is 1.75. The van der Waals surface area contributed by atoms with E-state index in [1.807, 2.05) is 0 Å². The molecule has 1 N–H and O–H groups in total. The monoisotopic (exact) mass is 267 g/mol. The molecule has 0 bridgehead atoms. The first-order valence-corrected chi connectivity index (χ1v) is 7.85. The maximum Gasteiger partial charge on any atom is 0.193 e. The zero-order chi connectivity index (χ0) is 13.5. The molecule has 2 fully saturated rings. The summed E-state index contributed by atoms with van der Waals surface area (Å²) in [6.07, 6.45) is 6.74. The second-order valence-electron chi connectivity index (χ2n) is 5.88. The number of ether oxygens (including phenoxy) is 1. The molecule has 19 heavy (non-hydrogen) atoms. The molecule has 1 unspecified atom stereocenters. The maximum atomic E-state index is 5.26. The molecule has 0 aromatic carbocycles. The van der Waals surface area contributed by atoms with Crippen molar-refractivity contribution in [3.63, 3.8) is 0 Å². The lowest BCUT2D eigenvalue weighted by Gasteiger charge is -2.21. The van der Waals surface area contributed by atoms with E-state index in [4.69, 9.17) is 9.73 Å². The van der Waals surface area contributed by atoms with Crippen LogP contribution in [0.4, 0.5) is 0 Å². The highest BCUT2D eigenvalue weighted by molar-refractivity contribution is 5.80. The van der Waals surface area contributed by atoms with Crippen LogP contribution in [-0.4, -0.2) is 50.8 Å². The first-order chi connectivity index (χ1) is 9.33. The molecule has 1 aliphatic carbocycles. The summed E-state index contributed by atoms with van der Waals surface area (Å²) in [6, 6.07) is 0. The van der Waals surface area contributed by atoms with Gasteiger partial charge in [-0.3, -0.25) is 4.99 Å². The number of likely N-dealkylation sites (tertiary alicyclic amines) is 1. The number of nitrogens with zero attached hydrogens (tertiary/aromatic N) is 2. The third-order valence-electron chi connectivity index (χ3n) is 4.05. The Labute approximate surface area is 117 Å². The first kappa shape index (κ1) is 14.6. The second kappa shape index (κ2) is 7.73. The van der Waals surface area contributed by atoms with Gasteiger partial charge in [-0.2, -0.15) is 0 Å². The SMILES string of the molecule is CCNC(=NCCCC1CC1)N1CCC(COC)C1. The van der Waals surface area contributed by atoms with Crippen LogP contribution in [0.15, 0.2) is 4.99 Å². The third-order valence-corrected chi connectivity index (χ3v) is 4.05. The average molecular weight is 267 g/mol. The molecule has 0 spiro atoms. The van der Waals surface area contributed by atoms with Crippen molar-refractivity contribution < 1.29 is 4.74 Å². The van der Waals surface area contributed by atoms with Gasteiger partial charge >= 0.3 is 0 Å². The van der Waals surface area contributed by atoms with Crippen molar-refractivity contribution in [1.82, 2.24) is 10.2 Å². The van der Waals surface area contributed by atoms with Gasteiger partial charge in [0.25, 0.3) is 0 Å². The highest BCUT2D eigenvalue weighted by Crippen LogP contribution is 2.33. The minimum atomic E-state index is 0.667. The Morgan fingerprint density at radius 2 is 2.16 bits per heavy atom. The molecule has 1 saturated heterocycles. The topological polar surface area (TPSA) is 36.9 Å². The fourth-order valence-electron chi connectivity index (χ4n) is 2.79. The summed E-state index contributed by atoms with van der Waals surface area (Å²) in [7, 11) is 1.79. The molecule has 1 aliphatic heterocycles. The average Bonchev–Trinajstić information content (AvgIpc) is 3.12. The lowest BCUT2D eigenvalue weighted by Crippen LogP contribution is -2.40. The Morgan fingerprint density at radius 3 is 2.84 bits per heavy atom. The predicted molar refractivity (Wildman–Crippen MR) is 79.5 cm³/mol. The van der Waals surface area contributed by atoms with E-state index in [1.54, 1.807) is 7.11 Å². The standard InChI is InChI=1S/C15H29N3O/c1-3-16-15(17-9-4-5-13-6-7-13)18-10-8-14(11-18)12-19-2/h13-14H,3-12H2,1-2H3,(H,16,17). The predicted octanol–water partition coefficient (Wildman–Crippen LogP) is 2.11. The summed E-state index contributed by atoms with van der Waals surface area (Å²) in [6.45, 7) is 7.14. The maximum absolute atomic E-state index is 5.26. The molecular weight excluding hydrogens is 238 g/mol. The highest BCUT2D eigenvalue weighted by atomic mass is 16.5. The second-order valence-corrected chi connectivity index (χ2v) is 5.88. The molecule has 1 saturated carbocycles. The van der Waals surface area contributed by atoms with Gasteiger partial charge in [0.1, 0.15) is 0 Å². The molecule has 4 heteroatoms. The minimum absolute atomic E-state index is 0.667. The Bertz CT molecular complexity index is 289. The van der Waals surface area contributed by atoms with Crippen molar-refractivity contribution in [2.24, 2.45) is 16.8 Å². The van der Waals surface area contributed by atoms with Gasteiger partial charge in [0.05, 0.1) is 6.61 Å². The smallest absolute Gasteiger partial charge is 0.193 e. The highest BCUT2D eigenvalue weighted by Gasteiger charge is 2.24. The zero-order valence-electron chi connectivity index (χ0n) is 12.5. The van der Waals surface area contributed by atoms with E-state index in [2.05, 4.69) is 17.1 Å². The fraction of sp³-hybridized carbons (Fsp3) is 0.933. The van der Waals surface area contributed by atoms with E-state index in [0.717, 1.165) is 44.7 Å². The Morgan fingerprint density at radius 1 is 1.32 bits per heavy atom. The van der Waals surface area contributed by atoms with E-state index < -0.39 is 0 Å². The number of hydrogen-bond donors (Lipinski definition) is 1. The molecule has 2 rings (SSSR count). The molecule has 0 radical (unpaired) electrons. The first-order valence-electron chi connectivity index (χ1n) is 7.85. The minimum Gasteiger partial charge on any atom is -0.384 e. The molecule has 0 aromatic rings. The molecule has 2 aliphatic rings. The summed E-state index contributed by atoms with van der Waals surface area (Å²) in [4.78, 5) is 7.17. The van der Waals surface area contributed by atoms with Gasteiger partial charge in [-0.25, -0.2) is 0 Å². The van der Waals surface area contributed by atoms with Gasteiger partial charge in [-0.05, 0) is 32.1 Å². The summed E-state index contributed by atoms with van der Waals surface area (Å²) >= 11 is 0. The van der Waals surface area contributed by atoms with Crippen LogP contribution < -0.4 is 5.32 Å². The van der Waals surface area contributed by atoms with Crippen LogP contribution >= 0.6 is 0 Å². The number of aliphatic imine (C=N–C) groups is 1. The van der Waals surface area contributed by atoms with E-state index in [1.165, 1.54) is 32.1 Å². The van der Waals surface area contributed by atoms with Crippen LogP contribution in [0.2, 0.25) is 0 Å². The van der Waals surface area contributed by atoms with Crippen LogP contribution in [0, 0.1) is 11.8 Å². The van der Waals surface area contributed by atoms with Crippen molar-refractivity contribution in [1.29, 1.82) is 0 Å². The van der Waals surface area contributed by atoms with Crippen molar-refractivity contribution in [3.05, 3.63) is 0 Å². The molecule has 110 valence electrons. The van der Waals surface area contributed by atoms with Gasteiger partial charge in [-0.1, -0.05) is 12.8 Å². The van der Waals surface area contributed by atoms with Crippen molar-refractivity contribution in [3.8, 4) is 0 Å². The summed E-state index contributed by atoms with van der Waals surface area (Å²) in [5.41, 5.74) is 0. The summed E-state index contributed by atoms with van der Waals surface area (Å²) in [5.74, 6) is 2.80. The molecule has 0 amide bonds. The van der Waals surface area contributed by atoms with Crippen LogP contribution in [-0.2, 0) is 4.74 Å². The largest absolute Gasteiger partial charge is 0.384 e. The number of guanidine groups is 1. The lowest BCUT2D eigenvalue weighted by molar-refractivity contribution is 0.157. The lowest BCUT2D eigenvalue weighted by atomic mass is 10.1. The van der Waals surface area contributed by atoms with E-state index in [0.29, 0.717) is 5.92 Å². The molecular formula is C15H29N3O. The van der Waals surface area contributed by atoms with Gasteiger partial charge in [0.15, 0.2) is 5.96 Å². The molecule has 1 heterocycles. The van der Waals surface area contributed by atoms with Crippen molar-refractivity contribution in [2.75, 3.05) is 39.9 Å². The fourth-order valence-corrected chi connectivity index (χ4v) is 2.79. The molecule has 1 atom stereocenters. The number of nitrogens with one attached hydrogen (secondary N) is 1. The number of methoxy groups -OCH3 is 1. The summed E-state index contributed by atoms with van der Waals surface area (Å²) < 4.78 is 5.26.